The van der Waals surface area contributed by atoms with Gasteiger partial charge in [-0.1, -0.05) is 17.7 Å². The molecule has 2 aromatic rings. The van der Waals surface area contributed by atoms with Crippen molar-refractivity contribution in [2.24, 2.45) is 0 Å². The highest BCUT2D eigenvalue weighted by atomic mass is 35.5. The number of hydrogen-bond acceptors (Lipinski definition) is 4. The Hall–Kier alpha value is -1.79. The van der Waals surface area contributed by atoms with E-state index < -0.39 is 10.0 Å². The lowest BCUT2D eigenvalue weighted by Gasteiger charge is -2.12. The van der Waals surface area contributed by atoms with Gasteiger partial charge in [0.25, 0.3) is 10.0 Å². The molecule has 5 nitrogen and oxygen atoms in total. The summed E-state index contributed by atoms with van der Waals surface area (Å²) in [5.41, 5.74) is 7.52. The third-order valence-electron chi connectivity index (χ3n) is 2.79. The third-order valence-corrected chi connectivity index (χ3v) is 4.48. The molecular formula is C13H14ClN3O2S. The van der Waals surface area contributed by atoms with Crippen molar-refractivity contribution in [3.63, 3.8) is 0 Å². The predicted octanol–water partition coefficient (Wildman–Crippen LogP) is 2.73. The van der Waals surface area contributed by atoms with Crippen LogP contribution in [0.5, 0.6) is 0 Å². The minimum atomic E-state index is -3.76. The molecular weight excluding hydrogens is 298 g/mol. The lowest BCUT2D eigenvalue weighted by Crippen LogP contribution is -2.16. The number of nitrogens with zero attached hydrogens (tertiary/aromatic N) is 1. The molecule has 3 N–H and O–H groups in total. The summed E-state index contributed by atoms with van der Waals surface area (Å²) >= 11 is 5.74. The van der Waals surface area contributed by atoms with Crippen LogP contribution in [0.3, 0.4) is 0 Å². The van der Waals surface area contributed by atoms with Gasteiger partial charge in [-0.2, -0.15) is 0 Å². The van der Waals surface area contributed by atoms with Crippen LogP contribution in [-0.2, 0) is 10.0 Å². The van der Waals surface area contributed by atoms with E-state index in [4.69, 9.17) is 17.3 Å². The van der Waals surface area contributed by atoms with Gasteiger partial charge in [-0.05, 0) is 49.2 Å². The molecule has 7 heteroatoms. The van der Waals surface area contributed by atoms with Crippen LogP contribution in [0.15, 0.2) is 35.2 Å². The number of sulfonamides is 1. The van der Waals surface area contributed by atoms with Crippen molar-refractivity contribution in [3.05, 3.63) is 46.6 Å². The number of anilines is 2. The maximum atomic E-state index is 12.4. The minimum absolute atomic E-state index is 0.136. The van der Waals surface area contributed by atoms with Gasteiger partial charge in [-0.15, -0.1) is 0 Å². The van der Waals surface area contributed by atoms with Crippen LogP contribution in [-0.4, -0.2) is 13.4 Å². The van der Waals surface area contributed by atoms with E-state index >= 15 is 0 Å². The van der Waals surface area contributed by atoms with E-state index in [1.54, 1.807) is 38.1 Å². The molecule has 2 rings (SSSR count). The summed E-state index contributed by atoms with van der Waals surface area (Å²) in [6.45, 7) is 3.45. The number of halogens is 1. The number of aryl methyl sites for hydroxylation is 1. The van der Waals surface area contributed by atoms with Crippen LogP contribution in [0.2, 0.25) is 5.15 Å². The monoisotopic (exact) mass is 311 g/mol. The standard InChI is InChI=1S/C13H14ClN3O2S/c1-8-6-10(15)9(2)11(7-8)20(18,19)17-13-5-3-4-12(14)16-13/h3-7H,15H2,1-2H3,(H,16,17). The first-order valence-electron chi connectivity index (χ1n) is 5.82. The molecule has 0 bridgehead atoms. The number of aromatic nitrogens is 1. The molecule has 20 heavy (non-hydrogen) atoms. The van der Waals surface area contributed by atoms with Crippen LogP contribution < -0.4 is 10.5 Å². The summed E-state index contributed by atoms with van der Waals surface area (Å²) in [7, 11) is -3.76. The van der Waals surface area contributed by atoms with Gasteiger partial charge in [0.2, 0.25) is 0 Å². The van der Waals surface area contributed by atoms with Gasteiger partial charge in [-0.25, -0.2) is 13.4 Å². The van der Waals surface area contributed by atoms with Gasteiger partial charge in [0.05, 0.1) is 4.90 Å². The average Bonchev–Trinajstić information content (AvgIpc) is 2.33. The Morgan fingerprint density at radius 3 is 2.60 bits per heavy atom. The number of pyridine rings is 1. The van der Waals surface area contributed by atoms with Crippen LogP contribution in [0.1, 0.15) is 11.1 Å². The molecule has 0 spiro atoms. The van der Waals surface area contributed by atoms with Crippen molar-refractivity contribution in [2.45, 2.75) is 18.7 Å². The van der Waals surface area contributed by atoms with Crippen molar-refractivity contribution in [2.75, 3.05) is 10.5 Å². The molecule has 0 unspecified atom stereocenters. The van der Waals surface area contributed by atoms with Gasteiger partial charge < -0.3 is 5.73 Å². The SMILES string of the molecule is Cc1cc(N)c(C)c(S(=O)(=O)Nc2cccc(Cl)n2)c1. The smallest absolute Gasteiger partial charge is 0.263 e. The molecule has 0 radical (unpaired) electrons. The van der Waals surface area contributed by atoms with Gasteiger partial charge in [0, 0.05) is 5.69 Å². The summed E-state index contributed by atoms with van der Waals surface area (Å²) in [6, 6.07) is 8.00. The predicted molar refractivity (Wildman–Crippen MR) is 80.4 cm³/mol. The number of nitrogens with two attached hydrogens (primary N) is 1. The van der Waals surface area contributed by atoms with Crippen LogP contribution in [0, 0.1) is 13.8 Å². The van der Waals surface area contributed by atoms with Gasteiger partial charge in [0.15, 0.2) is 0 Å². The molecule has 0 amide bonds. The highest BCUT2D eigenvalue weighted by molar-refractivity contribution is 7.92. The lowest BCUT2D eigenvalue weighted by molar-refractivity contribution is 0.600. The normalized spacial score (nSPS) is 11.3. The van der Waals surface area contributed by atoms with E-state index in [1.807, 2.05) is 0 Å². The summed E-state index contributed by atoms with van der Waals surface area (Å²) in [5.74, 6) is 0.164. The van der Waals surface area contributed by atoms with Crippen LogP contribution in [0.4, 0.5) is 11.5 Å². The topological polar surface area (TPSA) is 85.1 Å². The molecule has 106 valence electrons. The molecule has 0 atom stereocenters. The maximum Gasteiger partial charge on any atom is 0.263 e. The Bertz CT molecular complexity index is 760. The number of rotatable bonds is 3. The molecule has 1 heterocycles. The van der Waals surface area contributed by atoms with E-state index in [9.17, 15) is 8.42 Å². The minimum Gasteiger partial charge on any atom is -0.398 e. The molecule has 0 saturated carbocycles. The summed E-state index contributed by atoms with van der Waals surface area (Å²) in [6.07, 6.45) is 0. The molecule has 0 aliphatic heterocycles. The number of nitrogen functional groups attached to an aromatic ring is 1. The van der Waals surface area contributed by atoms with Gasteiger partial charge in [0.1, 0.15) is 11.0 Å². The Kier molecular flexibility index (Phi) is 3.87. The van der Waals surface area contributed by atoms with Crippen molar-refractivity contribution in [1.82, 2.24) is 4.98 Å². The zero-order valence-corrected chi connectivity index (χ0v) is 12.6. The Morgan fingerprint density at radius 1 is 1.25 bits per heavy atom. The number of nitrogens with one attached hydrogen (secondary N) is 1. The average molecular weight is 312 g/mol. The largest absolute Gasteiger partial charge is 0.398 e. The van der Waals surface area contributed by atoms with Crippen molar-refractivity contribution >= 4 is 33.1 Å². The number of benzene rings is 1. The molecule has 1 aromatic heterocycles. The third kappa shape index (κ3) is 3.02. The zero-order chi connectivity index (χ0) is 14.9. The molecule has 0 fully saturated rings. The van der Waals surface area contributed by atoms with Crippen LogP contribution >= 0.6 is 11.6 Å². The van der Waals surface area contributed by atoms with Crippen molar-refractivity contribution in [3.8, 4) is 0 Å². The molecule has 0 aliphatic rings. The van der Waals surface area contributed by atoms with E-state index in [0.717, 1.165) is 5.56 Å². The quantitative estimate of drug-likeness (QED) is 0.674. The fourth-order valence-corrected chi connectivity index (χ4v) is 3.31. The van der Waals surface area contributed by atoms with E-state index in [1.165, 1.54) is 6.07 Å². The summed E-state index contributed by atoms with van der Waals surface area (Å²) in [5, 5.41) is 0.214. The molecule has 0 saturated heterocycles. The highest BCUT2D eigenvalue weighted by Gasteiger charge is 2.19. The summed E-state index contributed by atoms with van der Waals surface area (Å²) in [4.78, 5) is 4.04. The Balaban J connectivity index is 2.46. The summed E-state index contributed by atoms with van der Waals surface area (Å²) < 4.78 is 27.2. The van der Waals surface area contributed by atoms with Crippen molar-refractivity contribution in [1.29, 1.82) is 0 Å². The lowest BCUT2D eigenvalue weighted by atomic mass is 10.1. The first kappa shape index (κ1) is 14.6. The fourth-order valence-electron chi connectivity index (χ4n) is 1.79. The van der Waals surface area contributed by atoms with E-state index in [2.05, 4.69) is 9.71 Å². The molecule has 1 aromatic carbocycles. The van der Waals surface area contributed by atoms with Crippen molar-refractivity contribution < 1.29 is 8.42 Å². The zero-order valence-electron chi connectivity index (χ0n) is 11.0. The van der Waals surface area contributed by atoms with Gasteiger partial charge in [-0.3, -0.25) is 4.72 Å². The second-order valence-electron chi connectivity index (χ2n) is 4.43. The second-order valence-corrected chi connectivity index (χ2v) is 6.47. The Labute approximate surface area is 122 Å². The van der Waals surface area contributed by atoms with E-state index in [-0.39, 0.29) is 15.9 Å². The number of hydrogen-bond donors (Lipinski definition) is 2. The highest BCUT2D eigenvalue weighted by Crippen LogP contribution is 2.24. The first-order chi connectivity index (χ1) is 9.29. The second kappa shape index (κ2) is 5.30. The fraction of sp³-hybridized carbons (Fsp3) is 0.154. The first-order valence-corrected chi connectivity index (χ1v) is 7.68. The maximum absolute atomic E-state index is 12.4. The van der Waals surface area contributed by atoms with E-state index in [0.29, 0.717) is 11.3 Å². The Morgan fingerprint density at radius 2 is 1.95 bits per heavy atom. The molecule has 0 aliphatic carbocycles. The van der Waals surface area contributed by atoms with Crippen LogP contribution in [0.25, 0.3) is 0 Å². The van der Waals surface area contributed by atoms with Gasteiger partial charge >= 0.3 is 0 Å².